The first-order chi connectivity index (χ1) is 13.7. The maximum atomic E-state index is 13.0. The van der Waals surface area contributed by atoms with Gasteiger partial charge in [-0.3, -0.25) is 4.79 Å². The zero-order valence-electron chi connectivity index (χ0n) is 16.7. The van der Waals surface area contributed by atoms with Gasteiger partial charge in [-0.25, -0.2) is 17.7 Å². The van der Waals surface area contributed by atoms with Crippen molar-refractivity contribution in [2.24, 2.45) is 0 Å². The minimum absolute atomic E-state index is 0.0235. The minimum atomic E-state index is -3.62. The van der Waals surface area contributed by atoms with E-state index in [-0.39, 0.29) is 29.2 Å². The Labute approximate surface area is 170 Å². The van der Waals surface area contributed by atoms with E-state index in [2.05, 4.69) is 15.3 Å². The lowest BCUT2D eigenvalue weighted by Gasteiger charge is -2.32. The molecule has 1 aliphatic heterocycles. The molecule has 0 unspecified atom stereocenters. The van der Waals surface area contributed by atoms with Crippen molar-refractivity contribution in [2.75, 3.05) is 36.5 Å². The quantitative estimate of drug-likeness (QED) is 0.667. The molecule has 0 spiro atoms. The summed E-state index contributed by atoms with van der Waals surface area (Å²) in [6.45, 7) is 3.27. The van der Waals surface area contributed by atoms with Crippen LogP contribution in [-0.4, -0.2) is 56.7 Å². The van der Waals surface area contributed by atoms with E-state index in [9.17, 15) is 13.2 Å². The summed E-state index contributed by atoms with van der Waals surface area (Å²) in [7, 11) is -2.14. The first kappa shape index (κ1) is 21.0. The van der Waals surface area contributed by atoms with Gasteiger partial charge in [-0.2, -0.15) is 4.98 Å². The molecule has 0 amide bonds. The molecule has 0 bridgehead atoms. The third-order valence-electron chi connectivity index (χ3n) is 4.84. The van der Waals surface area contributed by atoms with Gasteiger partial charge in [0.25, 0.3) is 0 Å². The maximum absolute atomic E-state index is 13.0. The molecule has 1 aliphatic rings. The number of hydrogen-bond acceptors (Lipinski definition) is 8. The average molecular weight is 420 g/mol. The first-order valence-electron chi connectivity index (χ1n) is 9.24. The van der Waals surface area contributed by atoms with Gasteiger partial charge in [0.2, 0.25) is 21.8 Å². The van der Waals surface area contributed by atoms with Gasteiger partial charge in [0, 0.05) is 6.20 Å². The number of benzene rings is 1. The van der Waals surface area contributed by atoms with Gasteiger partial charge in [0.05, 0.1) is 30.5 Å². The van der Waals surface area contributed by atoms with Crippen LogP contribution < -0.4 is 20.1 Å². The molecule has 2 aromatic rings. The topological polar surface area (TPSA) is 128 Å². The molecule has 0 saturated carbocycles. The molecular formula is C19H25N5O4S. The van der Waals surface area contributed by atoms with E-state index in [1.54, 1.807) is 12.1 Å². The third-order valence-corrected chi connectivity index (χ3v) is 6.02. The van der Waals surface area contributed by atoms with Crippen LogP contribution in [0.3, 0.4) is 0 Å². The number of rotatable bonds is 6. The predicted octanol–water partition coefficient (Wildman–Crippen LogP) is 1.12. The monoisotopic (exact) mass is 419 g/mol. The molecule has 9 nitrogen and oxygen atoms in total. The lowest BCUT2D eigenvalue weighted by Crippen LogP contribution is -2.46. The second-order valence-corrected chi connectivity index (χ2v) is 8.90. The van der Waals surface area contributed by atoms with E-state index in [1.165, 1.54) is 17.6 Å². The van der Waals surface area contributed by atoms with Crippen LogP contribution in [0, 0.1) is 6.92 Å². The highest BCUT2D eigenvalue weighted by Crippen LogP contribution is 2.27. The number of carbonyl (C=O) groups excluding carboxylic acids is 1. The lowest BCUT2D eigenvalue weighted by molar-refractivity contribution is 0.103. The number of nitrogens with one attached hydrogen (secondary N) is 1. The van der Waals surface area contributed by atoms with Gasteiger partial charge in [0.15, 0.2) is 0 Å². The van der Waals surface area contributed by atoms with E-state index >= 15 is 0 Å². The second kappa shape index (κ2) is 8.34. The van der Waals surface area contributed by atoms with Crippen molar-refractivity contribution >= 4 is 27.6 Å². The number of nitrogens with zero attached hydrogens (tertiary/aromatic N) is 3. The van der Waals surface area contributed by atoms with Crippen LogP contribution in [0.25, 0.3) is 0 Å². The molecule has 1 aromatic heterocycles. The van der Waals surface area contributed by atoms with Crippen LogP contribution in [-0.2, 0) is 10.0 Å². The van der Waals surface area contributed by atoms with Crippen LogP contribution in [0.5, 0.6) is 5.75 Å². The average Bonchev–Trinajstić information content (AvgIpc) is 2.67. The summed E-state index contributed by atoms with van der Waals surface area (Å²) in [6, 6.07) is 4.98. The Kier molecular flexibility index (Phi) is 6.04. The van der Waals surface area contributed by atoms with Crippen molar-refractivity contribution in [3.63, 3.8) is 0 Å². The van der Waals surface area contributed by atoms with Crippen molar-refractivity contribution < 1.29 is 17.9 Å². The maximum Gasteiger partial charge on any atom is 0.241 e. The molecule has 1 fully saturated rings. The summed E-state index contributed by atoms with van der Waals surface area (Å²) in [5.41, 5.74) is 7.38. The molecule has 0 aliphatic carbocycles. The Bertz CT molecular complexity index is 1020. The SMILES string of the molecule is COc1ccc(C)cc1C(=O)c1cnc(N(C2CCNCC2)S(C)(=O)=O)nc1N. The highest BCUT2D eigenvalue weighted by Gasteiger charge is 2.31. The van der Waals surface area contributed by atoms with E-state index in [0.29, 0.717) is 37.2 Å². The fourth-order valence-electron chi connectivity index (χ4n) is 3.43. The minimum Gasteiger partial charge on any atom is -0.496 e. The molecule has 3 rings (SSSR count). The second-order valence-electron chi connectivity index (χ2n) is 7.04. The number of nitrogen functional groups attached to an aromatic ring is 1. The number of hydrogen-bond donors (Lipinski definition) is 2. The van der Waals surface area contributed by atoms with E-state index in [1.807, 2.05) is 13.0 Å². The third kappa shape index (κ3) is 4.48. The molecule has 0 radical (unpaired) electrons. The van der Waals surface area contributed by atoms with Crippen LogP contribution in [0.2, 0.25) is 0 Å². The molecular weight excluding hydrogens is 394 g/mol. The zero-order valence-corrected chi connectivity index (χ0v) is 17.5. The summed E-state index contributed by atoms with van der Waals surface area (Å²) in [5.74, 6) is -0.0743. The largest absolute Gasteiger partial charge is 0.496 e. The summed E-state index contributed by atoms with van der Waals surface area (Å²) >= 11 is 0. The Morgan fingerprint density at radius 2 is 1.97 bits per heavy atom. The molecule has 3 N–H and O–H groups in total. The van der Waals surface area contributed by atoms with Crippen LogP contribution >= 0.6 is 0 Å². The van der Waals surface area contributed by atoms with Gasteiger partial charge in [-0.1, -0.05) is 11.6 Å². The van der Waals surface area contributed by atoms with Gasteiger partial charge >= 0.3 is 0 Å². The number of anilines is 2. The van der Waals surface area contributed by atoms with Crippen LogP contribution in [0.15, 0.2) is 24.4 Å². The zero-order chi connectivity index (χ0) is 21.2. The van der Waals surface area contributed by atoms with Gasteiger partial charge in [0.1, 0.15) is 11.6 Å². The van der Waals surface area contributed by atoms with Crippen LogP contribution in [0.4, 0.5) is 11.8 Å². The fraction of sp³-hybridized carbons (Fsp3) is 0.421. The number of ketones is 1. The summed E-state index contributed by atoms with van der Waals surface area (Å²) in [6.07, 6.45) is 3.67. The number of sulfonamides is 1. The number of aromatic nitrogens is 2. The van der Waals surface area contributed by atoms with E-state index in [0.717, 1.165) is 11.8 Å². The molecule has 10 heteroatoms. The smallest absolute Gasteiger partial charge is 0.241 e. The Morgan fingerprint density at radius 3 is 2.55 bits per heavy atom. The van der Waals surface area contributed by atoms with Gasteiger partial charge < -0.3 is 15.8 Å². The Hall–Kier alpha value is -2.72. The molecule has 1 saturated heterocycles. The Balaban J connectivity index is 1.99. The van der Waals surface area contributed by atoms with Crippen molar-refractivity contribution in [3.05, 3.63) is 41.1 Å². The lowest BCUT2D eigenvalue weighted by atomic mass is 10.0. The molecule has 2 heterocycles. The van der Waals surface area contributed by atoms with Gasteiger partial charge in [-0.05, 0) is 45.0 Å². The normalized spacial score (nSPS) is 15.1. The molecule has 0 atom stereocenters. The molecule has 29 heavy (non-hydrogen) atoms. The predicted molar refractivity (Wildman–Crippen MR) is 111 cm³/mol. The number of methoxy groups -OCH3 is 1. The van der Waals surface area contributed by atoms with Crippen molar-refractivity contribution in [1.82, 2.24) is 15.3 Å². The van der Waals surface area contributed by atoms with E-state index < -0.39 is 10.0 Å². The summed E-state index contributed by atoms with van der Waals surface area (Å²) in [4.78, 5) is 21.3. The number of carbonyl (C=O) groups is 1. The molecule has 1 aromatic carbocycles. The number of ether oxygens (including phenoxy) is 1. The number of nitrogens with two attached hydrogens (primary N) is 1. The fourth-order valence-corrected chi connectivity index (χ4v) is 4.57. The standard InChI is InChI=1S/C19H25N5O4S/c1-12-4-5-16(28-2)14(10-12)17(25)15-11-22-19(23-18(15)20)24(29(3,26)27)13-6-8-21-9-7-13/h4-5,10-11,13,21H,6-9H2,1-3H3,(H2,20,22,23). The Morgan fingerprint density at radius 1 is 1.28 bits per heavy atom. The van der Waals surface area contributed by atoms with Crippen LogP contribution in [0.1, 0.15) is 34.3 Å². The van der Waals surface area contributed by atoms with Crippen molar-refractivity contribution in [1.29, 1.82) is 0 Å². The first-order valence-corrected chi connectivity index (χ1v) is 11.1. The summed E-state index contributed by atoms with van der Waals surface area (Å²) in [5, 5.41) is 3.20. The van der Waals surface area contributed by atoms with Crippen molar-refractivity contribution in [2.45, 2.75) is 25.8 Å². The number of piperidine rings is 1. The van der Waals surface area contributed by atoms with Crippen molar-refractivity contribution in [3.8, 4) is 5.75 Å². The molecule has 156 valence electrons. The van der Waals surface area contributed by atoms with E-state index in [4.69, 9.17) is 10.5 Å². The van der Waals surface area contributed by atoms with Gasteiger partial charge in [-0.15, -0.1) is 0 Å². The summed E-state index contributed by atoms with van der Waals surface area (Å²) < 4.78 is 31.3. The number of aryl methyl sites for hydroxylation is 1. The highest BCUT2D eigenvalue weighted by molar-refractivity contribution is 7.92. The highest BCUT2D eigenvalue weighted by atomic mass is 32.2.